The SMILES string of the molecule is C[C@@H](Sc1nnc(-c2ccccc2)c(-c2ccccc2)n1)C(=O)O. The highest BCUT2D eigenvalue weighted by atomic mass is 32.2. The number of carbonyl (C=O) groups is 1. The van der Waals surface area contributed by atoms with Crippen LogP contribution in [0.2, 0.25) is 0 Å². The van der Waals surface area contributed by atoms with Gasteiger partial charge in [0.2, 0.25) is 5.16 Å². The van der Waals surface area contributed by atoms with E-state index >= 15 is 0 Å². The lowest BCUT2D eigenvalue weighted by Gasteiger charge is -2.10. The predicted octanol–water partition coefficient (Wildman–Crippen LogP) is 3.77. The molecule has 0 radical (unpaired) electrons. The Bertz CT molecular complexity index is 841. The molecule has 5 nitrogen and oxygen atoms in total. The number of aromatic nitrogens is 3. The first kappa shape index (κ1) is 16.1. The summed E-state index contributed by atoms with van der Waals surface area (Å²) in [6.45, 7) is 1.60. The molecule has 0 aliphatic rings. The van der Waals surface area contributed by atoms with Crippen molar-refractivity contribution in [2.45, 2.75) is 17.3 Å². The van der Waals surface area contributed by atoms with Crippen molar-refractivity contribution in [3.05, 3.63) is 60.7 Å². The van der Waals surface area contributed by atoms with E-state index in [0.717, 1.165) is 22.9 Å². The highest BCUT2D eigenvalue weighted by Crippen LogP contribution is 2.30. The summed E-state index contributed by atoms with van der Waals surface area (Å²) < 4.78 is 0. The predicted molar refractivity (Wildman–Crippen MR) is 93.7 cm³/mol. The first-order chi connectivity index (χ1) is 11.6. The zero-order valence-corrected chi connectivity index (χ0v) is 13.8. The van der Waals surface area contributed by atoms with Gasteiger partial charge in [0, 0.05) is 11.1 Å². The van der Waals surface area contributed by atoms with E-state index in [1.54, 1.807) is 6.92 Å². The molecule has 1 N–H and O–H groups in total. The van der Waals surface area contributed by atoms with Gasteiger partial charge in [-0.15, -0.1) is 10.2 Å². The molecule has 0 unspecified atom stereocenters. The second kappa shape index (κ2) is 7.23. The van der Waals surface area contributed by atoms with Crippen LogP contribution in [0.4, 0.5) is 0 Å². The Morgan fingerprint density at radius 3 is 2.00 bits per heavy atom. The van der Waals surface area contributed by atoms with Gasteiger partial charge in [0.05, 0.1) is 0 Å². The molecule has 120 valence electrons. The normalized spacial score (nSPS) is 11.9. The van der Waals surface area contributed by atoms with Gasteiger partial charge >= 0.3 is 5.97 Å². The third-order valence-electron chi connectivity index (χ3n) is 3.39. The summed E-state index contributed by atoms with van der Waals surface area (Å²) >= 11 is 1.08. The molecule has 0 aliphatic heterocycles. The molecule has 1 aromatic heterocycles. The number of hydrogen-bond donors (Lipinski definition) is 1. The van der Waals surface area contributed by atoms with Crippen LogP contribution in [0.3, 0.4) is 0 Å². The molecule has 3 aromatic rings. The van der Waals surface area contributed by atoms with Crippen LogP contribution < -0.4 is 0 Å². The first-order valence-electron chi connectivity index (χ1n) is 7.40. The second-order valence-electron chi connectivity index (χ2n) is 5.12. The molecule has 1 heterocycles. The Morgan fingerprint density at radius 1 is 0.917 bits per heavy atom. The Kier molecular flexibility index (Phi) is 4.86. The number of benzene rings is 2. The average Bonchev–Trinajstić information content (AvgIpc) is 2.63. The van der Waals surface area contributed by atoms with Gasteiger partial charge in [0.1, 0.15) is 16.6 Å². The summed E-state index contributed by atoms with van der Waals surface area (Å²) in [6, 6.07) is 19.4. The van der Waals surface area contributed by atoms with Gasteiger partial charge in [0.25, 0.3) is 0 Å². The molecule has 0 bridgehead atoms. The molecule has 0 fully saturated rings. The lowest BCUT2D eigenvalue weighted by Crippen LogP contribution is -2.12. The van der Waals surface area contributed by atoms with E-state index in [-0.39, 0.29) is 0 Å². The number of aliphatic carboxylic acids is 1. The van der Waals surface area contributed by atoms with Crippen LogP contribution in [0.1, 0.15) is 6.92 Å². The number of rotatable bonds is 5. The molecule has 1 atom stereocenters. The van der Waals surface area contributed by atoms with E-state index in [1.807, 2.05) is 60.7 Å². The van der Waals surface area contributed by atoms with Crippen molar-refractivity contribution in [3.63, 3.8) is 0 Å². The van der Waals surface area contributed by atoms with Crippen molar-refractivity contribution in [1.29, 1.82) is 0 Å². The number of hydrogen-bond acceptors (Lipinski definition) is 5. The van der Waals surface area contributed by atoms with Crippen LogP contribution in [0.25, 0.3) is 22.5 Å². The number of thioether (sulfide) groups is 1. The molecule has 6 heteroatoms. The van der Waals surface area contributed by atoms with Crippen LogP contribution in [0, 0.1) is 0 Å². The minimum atomic E-state index is -0.906. The summed E-state index contributed by atoms with van der Waals surface area (Å²) in [6.07, 6.45) is 0. The number of carboxylic acids is 1. The minimum absolute atomic E-state index is 0.350. The van der Waals surface area contributed by atoms with E-state index < -0.39 is 11.2 Å². The molecule has 0 spiro atoms. The maximum atomic E-state index is 11.1. The first-order valence-corrected chi connectivity index (χ1v) is 8.28. The summed E-state index contributed by atoms with van der Waals surface area (Å²) in [7, 11) is 0. The van der Waals surface area contributed by atoms with Crippen molar-refractivity contribution in [3.8, 4) is 22.5 Å². The lowest BCUT2D eigenvalue weighted by atomic mass is 10.0. The molecule has 0 aliphatic carbocycles. The van der Waals surface area contributed by atoms with Crippen molar-refractivity contribution < 1.29 is 9.90 Å². The maximum absolute atomic E-state index is 11.1. The second-order valence-corrected chi connectivity index (χ2v) is 6.43. The van der Waals surface area contributed by atoms with Crippen LogP contribution in [-0.2, 0) is 4.79 Å². The monoisotopic (exact) mass is 337 g/mol. The molecule has 0 amide bonds. The topological polar surface area (TPSA) is 76.0 Å². The smallest absolute Gasteiger partial charge is 0.316 e. The lowest BCUT2D eigenvalue weighted by molar-refractivity contribution is -0.136. The molecule has 2 aromatic carbocycles. The fourth-order valence-electron chi connectivity index (χ4n) is 2.16. The van der Waals surface area contributed by atoms with Gasteiger partial charge in [-0.1, -0.05) is 72.4 Å². The van der Waals surface area contributed by atoms with Crippen LogP contribution in [0.15, 0.2) is 65.8 Å². The molecular formula is C18H15N3O2S. The third kappa shape index (κ3) is 3.60. The molecule has 3 rings (SSSR count). The van der Waals surface area contributed by atoms with E-state index in [0.29, 0.717) is 16.5 Å². The minimum Gasteiger partial charge on any atom is -0.480 e. The van der Waals surface area contributed by atoms with Crippen LogP contribution >= 0.6 is 11.8 Å². The highest BCUT2D eigenvalue weighted by Gasteiger charge is 2.18. The number of nitrogens with zero attached hydrogens (tertiary/aromatic N) is 3. The van der Waals surface area contributed by atoms with Crippen molar-refractivity contribution in [1.82, 2.24) is 15.2 Å². The maximum Gasteiger partial charge on any atom is 0.316 e. The van der Waals surface area contributed by atoms with Crippen molar-refractivity contribution >= 4 is 17.7 Å². The third-order valence-corrected chi connectivity index (χ3v) is 4.33. The van der Waals surface area contributed by atoms with Gasteiger partial charge in [0.15, 0.2) is 0 Å². The molecule has 0 saturated heterocycles. The fourth-order valence-corrected chi connectivity index (χ4v) is 2.81. The van der Waals surface area contributed by atoms with Gasteiger partial charge in [-0.05, 0) is 6.92 Å². The quantitative estimate of drug-likeness (QED) is 0.714. The zero-order valence-electron chi connectivity index (χ0n) is 13.0. The van der Waals surface area contributed by atoms with Crippen LogP contribution in [-0.4, -0.2) is 31.5 Å². The Labute approximate surface area is 143 Å². The van der Waals surface area contributed by atoms with Gasteiger partial charge in [-0.25, -0.2) is 4.98 Å². The molecular weight excluding hydrogens is 322 g/mol. The van der Waals surface area contributed by atoms with E-state index in [9.17, 15) is 4.79 Å². The standard InChI is InChI=1S/C18H15N3O2S/c1-12(17(22)23)24-18-19-15(13-8-4-2-5-9-13)16(20-21-18)14-10-6-3-7-11-14/h2-12H,1H3,(H,22,23)/t12-/m1/s1. The molecule has 0 saturated carbocycles. The largest absolute Gasteiger partial charge is 0.480 e. The zero-order chi connectivity index (χ0) is 16.9. The van der Waals surface area contributed by atoms with E-state index in [1.165, 1.54) is 0 Å². The highest BCUT2D eigenvalue weighted by molar-refractivity contribution is 8.00. The summed E-state index contributed by atoms with van der Waals surface area (Å²) in [5.41, 5.74) is 3.20. The van der Waals surface area contributed by atoms with Gasteiger partial charge in [-0.3, -0.25) is 4.79 Å². The number of carboxylic acid groups (broad SMARTS) is 1. The van der Waals surface area contributed by atoms with E-state index in [2.05, 4.69) is 15.2 Å². The van der Waals surface area contributed by atoms with Crippen LogP contribution in [0.5, 0.6) is 0 Å². The molecule has 24 heavy (non-hydrogen) atoms. The Balaban J connectivity index is 2.08. The fraction of sp³-hybridized carbons (Fsp3) is 0.111. The van der Waals surface area contributed by atoms with Crippen molar-refractivity contribution in [2.24, 2.45) is 0 Å². The summed E-state index contributed by atoms with van der Waals surface area (Å²) in [4.78, 5) is 15.6. The van der Waals surface area contributed by atoms with Gasteiger partial charge < -0.3 is 5.11 Å². The Hall–Kier alpha value is -2.73. The summed E-state index contributed by atoms with van der Waals surface area (Å²) in [5.74, 6) is -0.906. The van der Waals surface area contributed by atoms with E-state index in [4.69, 9.17) is 5.11 Å². The Morgan fingerprint density at radius 2 is 1.46 bits per heavy atom. The van der Waals surface area contributed by atoms with Gasteiger partial charge in [-0.2, -0.15) is 0 Å². The summed E-state index contributed by atoms with van der Waals surface area (Å²) in [5, 5.41) is 17.2. The average molecular weight is 337 g/mol. The van der Waals surface area contributed by atoms with Crippen molar-refractivity contribution in [2.75, 3.05) is 0 Å².